The molecule has 27 heavy (non-hydrogen) atoms. The van der Waals surface area contributed by atoms with Crippen molar-refractivity contribution in [2.24, 2.45) is 0 Å². The molecule has 5 nitrogen and oxygen atoms in total. The highest BCUT2D eigenvalue weighted by Gasteiger charge is 2.24. The topological polar surface area (TPSA) is 54.3 Å². The Kier molecular flexibility index (Phi) is 5.82. The first-order chi connectivity index (χ1) is 12.9. The highest BCUT2D eigenvalue weighted by molar-refractivity contribution is 9.10. The van der Waals surface area contributed by atoms with Crippen LogP contribution in [0.25, 0.3) is 5.00 Å². The molecule has 0 aliphatic carbocycles. The summed E-state index contributed by atoms with van der Waals surface area (Å²) in [5.41, 5.74) is 2.27. The van der Waals surface area contributed by atoms with Gasteiger partial charge in [-0.2, -0.15) is 0 Å². The van der Waals surface area contributed by atoms with Gasteiger partial charge < -0.3 is 14.8 Å². The van der Waals surface area contributed by atoms with Crippen LogP contribution in [0.4, 0.5) is 5.69 Å². The molecule has 2 aromatic heterocycles. The third-order valence-corrected chi connectivity index (χ3v) is 6.21. The van der Waals surface area contributed by atoms with Gasteiger partial charge in [-0.05, 0) is 59.6 Å². The lowest BCUT2D eigenvalue weighted by molar-refractivity contribution is -0.116. The lowest BCUT2D eigenvalue weighted by Crippen LogP contribution is -2.35. The van der Waals surface area contributed by atoms with Crippen molar-refractivity contribution in [2.45, 2.75) is 13.8 Å². The van der Waals surface area contributed by atoms with Crippen molar-refractivity contribution in [3.05, 3.63) is 69.3 Å². The molecule has 2 heterocycles. The van der Waals surface area contributed by atoms with E-state index in [1.54, 1.807) is 24.5 Å². The maximum Gasteiger partial charge on any atom is 0.257 e. The van der Waals surface area contributed by atoms with Gasteiger partial charge in [0.15, 0.2) is 0 Å². The summed E-state index contributed by atoms with van der Waals surface area (Å²) in [6.07, 6.45) is 3.84. The van der Waals surface area contributed by atoms with Gasteiger partial charge in [-0.1, -0.05) is 12.1 Å². The number of benzene rings is 1. The zero-order valence-electron chi connectivity index (χ0n) is 15.3. The third-order valence-electron chi connectivity index (χ3n) is 4.29. The van der Waals surface area contributed by atoms with Gasteiger partial charge in [-0.25, -0.2) is 0 Å². The van der Waals surface area contributed by atoms with Crippen molar-refractivity contribution >= 4 is 44.8 Å². The van der Waals surface area contributed by atoms with Gasteiger partial charge in [0.25, 0.3) is 5.91 Å². The van der Waals surface area contributed by atoms with E-state index in [9.17, 15) is 9.59 Å². The van der Waals surface area contributed by atoms with Crippen LogP contribution in [-0.4, -0.2) is 34.9 Å². The van der Waals surface area contributed by atoms with Crippen LogP contribution in [0.5, 0.6) is 0 Å². The number of anilines is 1. The molecular weight excluding hydrogens is 426 g/mol. The van der Waals surface area contributed by atoms with Crippen LogP contribution < -0.4 is 5.32 Å². The summed E-state index contributed by atoms with van der Waals surface area (Å²) in [5.74, 6) is -0.410. The maximum absolute atomic E-state index is 13.1. The lowest BCUT2D eigenvalue weighted by Gasteiger charge is -2.18. The van der Waals surface area contributed by atoms with E-state index >= 15 is 0 Å². The number of hydrogen-bond acceptors (Lipinski definition) is 3. The first-order valence-electron chi connectivity index (χ1n) is 8.41. The highest BCUT2D eigenvalue weighted by atomic mass is 79.9. The largest absolute Gasteiger partial charge is 0.332 e. The molecule has 0 fully saturated rings. The number of rotatable bonds is 5. The van der Waals surface area contributed by atoms with Gasteiger partial charge >= 0.3 is 0 Å². The molecule has 0 aliphatic heterocycles. The van der Waals surface area contributed by atoms with E-state index in [0.29, 0.717) is 11.3 Å². The summed E-state index contributed by atoms with van der Waals surface area (Å²) in [6, 6.07) is 11.2. The summed E-state index contributed by atoms with van der Waals surface area (Å²) < 4.78 is 2.74. The quantitative estimate of drug-likeness (QED) is 0.622. The molecule has 2 amide bonds. The normalized spacial score (nSPS) is 10.7. The van der Waals surface area contributed by atoms with Crippen LogP contribution in [-0.2, 0) is 4.79 Å². The van der Waals surface area contributed by atoms with Crippen LogP contribution in [0.15, 0.2) is 53.3 Å². The Labute approximate surface area is 170 Å². The maximum atomic E-state index is 13.1. The van der Waals surface area contributed by atoms with Gasteiger partial charge in [-0.3, -0.25) is 9.59 Å². The average Bonchev–Trinajstić information content (AvgIpc) is 3.25. The fourth-order valence-corrected chi connectivity index (χ4v) is 4.24. The van der Waals surface area contributed by atoms with E-state index in [0.717, 1.165) is 19.9 Å². The van der Waals surface area contributed by atoms with Crippen molar-refractivity contribution in [1.29, 1.82) is 0 Å². The van der Waals surface area contributed by atoms with E-state index in [1.165, 1.54) is 4.90 Å². The van der Waals surface area contributed by atoms with Crippen molar-refractivity contribution in [3.8, 4) is 5.00 Å². The van der Waals surface area contributed by atoms with Crippen LogP contribution in [0.1, 0.15) is 20.8 Å². The van der Waals surface area contributed by atoms with Gasteiger partial charge in [0.05, 0.1) is 17.8 Å². The fraction of sp³-hybridized carbons (Fsp3) is 0.200. The van der Waals surface area contributed by atoms with Gasteiger partial charge in [0.1, 0.15) is 5.00 Å². The number of carbonyl (C=O) groups excluding carboxylic acids is 2. The first kappa shape index (κ1) is 19.4. The number of nitrogens with zero attached hydrogens (tertiary/aromatic N) is 2. The summed E-state index contributed by atoms with van der Waals surface area (Å²) in [4.78, 5) is 28.0. The molecule has 3 rings (SSSR count). The summed E-state index contributed by atoms with van der Waals surface area (Å²) in [5, 5.41) is 3.70. The Morgan fingerprint density at radius 2 is 1.81 bits per heavy atom. The Morgan fingerprint density at radius 1 is 1.15 bits per heavy atom. The molecule has 7 heteroatoms. The van der Waals surface area contributed by atoms with Gasteiger partial charge in [0.2, 0.25) is 5.91 Å². The first-order valence-corrected chi connectivity index (χ1v) is 10.0. The van der Waals surface area contributed by atoms with Gasteiger partial charge in [0, 0.05) is 28.8 Å². The number of halogens is 1. The summed E-state index contributed by atoms with van der Waals surface area (Å²) in [6.45, 7) is 3.92. The van der Waals surface area contributed by atoms with Crippen molar-refractivity contribution in [1.82, 2.24) is 9.47 Å². The number of para-hydroxylation sites is 1. The summed E-state index contributed by atoms with van der Waals surface area (Å²) >= 11 is 4.98. The van der Waals surface area contributed by atoms with E-state index in [1.807, 2.05) is 61.1 Å². The fourth-order valence-electron chi connectivity index (χ4n) is 2.74. The Morgan fingerprint density at radius 3 is 2.48 bits per heavy atom. The molecule has 3 aromatic rings. The monoisotopic (exact) mass is 445 g/mol. The van der Waals surface area contributed by atoms with Crippen molar-refractivity contribution < 1.29 is 9.59 Å². The molecule has 140 valence electrons. The zero-order chi connectivity index (χ0) is 19.6. The lowest BCUT2D eigenvalue weighted by atomic mass is 10.1. The van der Waals surface area contributed by atoms with Crippen LogP contribution in [0.2, 0.25) is 0 Å². The second kappa shape index (κ2) is 8.10. The Bertz CT molecular complexity index is 979. The minimum absolute atomic E-state index is 0.0282. The number of aromatic nitrogens is 1. The molecular formula is C20H20BrN3O2S. The number of hydrogen-bond donors (Lipinski definition) is 1. The number of amides is 2. The number of likely N-dealkylation sites (N-methyl/N-ethyl adjacent to an activating group) is 1. The smallest absolute Gasteiger partial charge is 0.257 e. The molecule has 0 saturated heterocycles. The SMILES string of the molecule is Cc1sc(-n2cccc2)c(C(=O)N(C)CC(=O)Nc2ccccc2Br)c1C. The van der Waals surface area contributed by atoms with Gasteiger partial charge in [-0.15, -0.1) is 11.3 Å². The molecule has 0 bridgehead atoms. The molecule has 0 aliphatic rings. The molecule has 0 atom stereocenters. The third kappa shape index (κ3) is 4.14. The second-order valence-corrected chi connectivity index (χ2v) is 8.30. The number of carbonyl (C=O) groups is 2. The van der Waals surface area contributed by atoms with E-state index < -0.39 is 0 Å². The molecule has 1 N–H and O–H groups in total. The van der Waals surface area contributed by atoms with Crippen molar-refractivity contribution in [2.75, 3.05) is 18.9 Å². The van der Waals surface area contributed by atoms with Crippen LogP contribution in [0, 0.1) is 13.8 Å². The predicted octanol–water partition coefficient (Wildman–Crippen LogP) is 4.63. The average molecular weight is 446 g/mol. The van der Waals surface area contributed by atoms with E-state index in [-0.39, 0.29) is 18.4 Å². The predicted molar refractivity (Wildman–Crippen MR) is 113 cm³/mol. The Balaban J connectivity index is 1.78. The number of thiophene rings is 1. The van der Waals surface area contributed by atoms with Crippen LogP contribution in [0.3, 0.4) is 0 Å². The summed E-state index contributed by atoms with van der Waals surface area (Å²) in [7, 11) is 1.65. The minimum Gasteiger partial charge on any atom is -0.332 e. The molecule has 0 radical (unpaired) electrons. The standard InChI is InChI=1S/C20H20BrN3O2S/c1-13-14(2)27-20(24-10-6-7-11-24)18(13)19(26)23(3)12-17(25)22-16-9-5-4-8-15(16)21/h4-11H,12H2,1-3H3,(H,22,25). The highest BCUT2D eigenvalue weighted by Crippen LogP contribution is 2.31. The molecule has 0 saturated carbocycles. The molecule has 0 spiro atoms. The second-order valence-electron chi connectivity index (χ2n) is 6.24. The Hall–Kier alpha value is -2.38. The van der Waals surface area contributed by atoms with E-state index in [4.69, 9.17) is 0 Å². The number of aryl methyl sites for hydroxylation is 1. The van der Waals surface area contributed by atoms with E-state index in [2.05, 4.69) is 21.2 Å². The number of nitrogens with one attached hydrogen (secondary N) is 1. The van der Waals surface area contributed by atoms with Crippen LogP contribution >= 0.6 is 27.3 Å². The molecule has 0 unspecified atom stereocenters. The zero-order valence-corrected chi connectivity index (χ0v) is 17.7. The van der Waals surface area contributed by atoms with Crippen molar-refractivity contribution in [3.63, 3.8) is 0 Å². The minimum atomic E-state index is -0.245. The molecule has 1 aromatic carbocycles.